The number of carboxylic acids is 1. The number of aliphatic hydroxyl groups is 1. The number of alkyl halides is 3. The van der Waals surface area contributed by atoms with Crippen molar-refractivity contribution in [1.29, 1.82) is 0 Å². The van der Waals surface area contributed by atoms with Crippen molar-refractivity contribution in [1.82, 2.24) is 4.90 Å². The van der Waals surface area contributed by atoms with Crippen molar-refractivity contribution < 1.29 is 28.2 Å². The fourth-order valence-electron chi connectivity index (χ4n) is 1.75. The summed E-state index contributed by atoms with van der Waals surface area (Å²) >= 11 is 0. The molecule has 0 aliphatic carbocycles. The van der Waals surface area contributed by atoms with Crippen LogP contribution in [0.4, 0.5) is 13.2 Å². The van der Waals surface area contributed by atoms with Gasteiger partial charge in [-0.1, -0.05) is 0 Å². The molecule has 1 rings (SSSR count). The highest BCUT2D eigenvalue weighted by atomic mass is 19.4. The lowest BCUT2D eigenvalue weighted by atomic mass is 9.86. The normalized spacial score (nSPS) is 28.3. The van der Waals surface area contributed by atoms with E-state index in [0.717, 1.165) is 0 Å². The van der Waals surface area contributed by atoms with Crippen LogP contribution in [0.25, 0.3) is 0 Å². The molecule has 1 saturated heterocycles. The van der Waals surface area contributed by atoms with Gasteiger partial charge in [0.1, 0.15) is 0 Å². The lowest BCUT2D eigenvalue weighted by Gasteiger charge is -2.27. The van der Waals surface area contributed by atoms with Crippen LogP contribution in [-0.2, 0) is 4.79 Å². The maximum absolute atomic E-state index is 12.6. The third-order valence-electron chi connectivity index (χ3n) is 2.72. The summed E-state index contributed by atoms with van der Waals surface area (Å²) in [5, 5.41) is 17.2. The first-order valence-electron chi connectivity index (χ1n) is 4.47. The van der Waals surface area contributed by atoms with Crippen LogP contribution in [0, 0.1) is 5.41 Å². The van der Waals surface area contributed by atoms with E-state index in [1.54, 1.807) is 0 Å². The van der Waals surface area contributed by atoms with Crippen LogP contribution in [0.5, 0.6) is 0 Å². The van der Waals surface area contributed by atoms with E-state index in [-0.39, 0.29) is 19.7 Å². The molecule has 0 amide bonds. The van der Waals surface area contributed by atoms with Crippen LogP contribution in [0.1, 0.15) is 6.42 Å². The summed E-state index contributed by atoms with van der Waals surface area (Å²) in [5.41, 5.74) is -2.66. The molecular formula is C8H12F3NO3. The molecule has 0 saturated carbocycles. The maximum Gasteiger partial charge on any atom is 0.406 e. The van der Waals surface area contributed by atoms with Crippen LogP contribution in [0.3, 0.4) is 0 Å². The minimum absolute atomic E-state index is 0.0480. The molecule has 88 valence electrons. The Morgan fingerprint density at radius 1 is 1.47 bits per heavy atom. The molecule has 0 aromatic rings. The first kappa shape index (κ1) is 12.3. The van der Waals surface area contributed by atoms with E-state index in [1.807, 2.05) is 0 Å². The lowest BCUT2D eigenvalue weighted by molar-refractivity contribution is -0.227. The van der Waals surface area contributed by atoms with Crippen LogP contribution < -0.4 is 0 Å². The third-order valence-corrected chi connectivity index (χ3v) is 2.72. The van der Waals surface area contributed by atoms with Crippen molar-refractivity contribution >= 4 is 5.97 Å². The highest BCUT2D eigenvalue weighted by molar-refractivity contribution is 5.76. The van der Waals surface area contributed by atoms with E-state index in [4.69, 9.17) is 10.2 Å². The van der Waals surface area contributed by atoms with Gasteiger partial charge in [-0.25, -0.2) is 0 Å². The maximum atomic E-state index is 12.6. The van der Waals surface area contributed by atoms with Gasteiger partial charge in [-0.05, 0) is 13.0 Å². The van der Waals surface area contributed by atoms with Crippen LogP contribution >= 0.6 is 0 Å². The monoisotopic (exact) mass is 227 g/mol. The number of halogens is 3. The summed E-state index contributed by atoms with van der Waals surface area (Å²) in [6.07, 6.45) is -5.20. The van der Waals surface area contributed by atoms with Crippen molar-refractivity contribution in [3.8, 4) is 0 Å². The standard InChI is InChI=1S/C8H12F3NO3/c9-8(10,11)7(6(14)15)1-2-12(5-7)3-4-13/h13H,1-5H2,(H,14,15). The molecule has 1 aliphatic rings. The van der Waals surface area contributed by atoms with Crippen molar-refractivity contribution in [2.75, 3.05) is 26.2 Å². The Hall–Kier alpha value is -0.820. The largest absolute Gasteiger partial charge is 0.481 e. The predicted molar refractivity (Wildman–Crippen MR) is 44.3 cm³/mol. The molecule has 1 fully saturated rings. The van der Waals surface area contributed by atoms with Crippen molar-refractivity contribution in [3.63, 3.8) is 0 Å². The topological polar surface area (TPSA) is 60.8 Å². The van der Waals surface area contributed by atoms with Gasteiger partial charge < -0.3 is 10.2 Å². The molecule has 0 spiro atoms. The molecule has 0 bridgehead atoms. The van der Waals surface area contributed by atoms with Crippen LogP contribution in [0.15, 0.2) is 0 Å². The smallest absolute Gasteiger partial charge is 0.406 e. The van der Waals surface area contributed by atoms with Gasteiger partial charge in [-0.3, -0.25) is 9.69 Å². The Balaban J connectivity index is 2.84. The molecule has 2 N–H and O–H groups in total. The number of β-amino-alcohol motifs (C(OH)–C–C–N with tert-alkyl or cyclic N) is 1. The molecule has 0 aromatic heterocycles. The van der Waals surface area contributed by atoms with E-state index >= 15 is 0 Å². The highest BCUT2D eigenvalue weighted by Gasteiger charge is 2.63. The van der Waals surface area contributed by atoms with Crippen molar-refractivity contribution in [2.24, 2.45) is 5.41 Å². The molecule has 0 aromatic carbocycles. The summed E-state index contributed by atoms with van der Waals surface area (Å²) in [5.74, 6) is -1.84. The van der Waals surface area contributed by atoms with Gasteiger partial charge in [-0.2, -0.15) is 13.2 Å². The molecule has 1 heterocycles. The minimum Gasteiger partial charge on any atom is -0.481 e. The van der Waals surface area contributed by atoms with Gasteiger partial charge in [0.15, 0.2) is 5.41 Å². The molecule has 1 unspecified atom stereocenters. The molecule has 1 atom stereocenters. The molecule has 7 heteroatoms. The van der Waals surface area contributed by atoms with Crippen molar-refractivity contribution in [3.05, 3.63) is 0 Å². The summed E-state index contributed by atoms with van der Waals surface area (Å²) in [6, 6.07) is 0. The molecule has 0 radical (unpaired) electrons. The second-order valence-electron chi connectivity index (χ2n) is 3.63. The lowest BCUT2D eigenvalue weighted by Crippen LogP contribution is -2.47. The average Bonchev–Trinajstić information content (AvgIpc) is 2.49. The summed E-state index contributed by atoms with van der Waals surface area (Å²) in [6.45, 7) is -0.725. The predicted octanol–water partition coefficient (Wildman–Crippen LogP) is 0.318. The summed E-state index contributed by atoms with van der Waals surface area (Å²) in [7, 11) is 0. The van der Waals surface area contributed by atoms with Gasteiger partial charge in [0.2, 0.25) is 0 Å². The summed E-state index contributed by atoms with van der Waals surface area (Å²) < 4.78 is 37.8. The average molecular weight is 227 g/mol. The fourth-order valence-corrected chi connectivity index (χ4v) is 1.75. The first-order chi connectivity index (χ1) is 6.83. The zero-order valence-corrected chi connectivity index (χ0v) is 7.92. The molecular weight excluding hydrogens is 215 g/mol. The number of nitrogens with zero attached hydrogens (tertiary/aromatic N) is 1. The van der Waals surface area contributed by atoms with E-state index < -0.39 is 30.5 Å². The number of carbonyl (C=O) groups is 1. The van der Waals surface area contributed by atoms with Gasteiger partial charge in [0, 0.05) is 13.1 Å². The SMILES string of the molecule is O=C(O)C1(C(F)(F)F)CCN(CCO)C1. The van der Waals surface area contributed by atoms with Crippen LogP contribution in [0.2, 0.25) is 0 Å². The minimum atomic E-state index is -4.75. The number of hydrogen-bond donors (Lipinski definition) is 2. The number of rotatable bonds is 3. The number of hydrogen-bond acceptors (Lipinski definition) is 3. The van der Waals surface area contributed by atoms with Gasteiger partial charge >= 0.3 is 12.1 Å². The van der Waals surface area contributed by atoms with E-state index in [2.05, 4.69) is 0 Å². The van der Waals surface area contributed by atoms with E-state index in [0.29, 0.717) is 0 Å². The highest BCUT2D eigenvalue weighted by Crippen LogP contribution is 2.45. The number of carboxylic acid groups (broad SMARTS) is 1. The Labute approximate surface area is 84.3 Å². The number of aliphatic carboxylic acids is 1. The Kier molecular flexibility index (Phi) is 3.25. The van der Waals surface area contributed by atoms with Crippen molar-refractivity contribution in [2.45, 2.75) is 12.6 Å². The van der Waals surface area contributed by atoms with E-state index in [1.165, 1.54) is 4.90 Å². The summed E-state index contributed by atoms with van der Waals surface area (Å²) in [4.78, 5) is 12.0. The Bertz CT molecular complexity index is 256. The number of aliphatic hydroxyl groups excluding tert-OH is 1. The van der Waals surface area contributed by atoms with Gasteiger partial charge in [0.05, 0.1) is 6.61 Å². The zero-order chi connectivity index (χ0) is 11.7. The third kappa shape index (κ3) is 2.07. The van der Waals surface area contributed by atoms with Gasteiger partial charge in [0.25, 0.3) is 0 Å². The Morgan fingerprint density at radius 3 is 2.40 bits per heavy atom. The fraction of sp³-hybridized carbons (Fsp3) is 0.875. The molecule has 1 aliphatic heterocycles. The number of likely N-dealkylation sites (tertiary alicyclic amines) is 1. The van der Waals surface area contributed by atoms with Crippen LogP contribution in [-0.4, -0.2) is 53.5 Å². The Morgan fingerprint density at radius 2 is 2.07 bits per heavy atom. The second kappa shape index (κ2) is 3.97. The quantitative estimate of drug-likeness (QED) is 0.728. The molecule has 15 heavy (non-hydrogen) atoms. The first-order valence-corrected chi connectivity index (χ1v) is 4.47. The zero-order valence-electron chi connectivity index (χ0n) is 7.92. The second-order valence-corrected chi connectivity index (χ2v) is 3.63. The van der Waals surface area contributed by atoms with Gasteiger partial charge in [-0.15, -0.1) is 0 Å². The van der Waals surface area contributed by atoms with E-state index in [9.17, 15) is 18.0 Å². The molecule has 4 nitrogen and oxygen atoms in total.